The molecule has 0 radical (unpaired) electrons. The molecule has 6 nitrogen and oxygen atoms in total. The minimum atomic E-state index is 0.0906. The number of aromatic nitrogens is 4. The minimum absolute atomic E-state index is 0.0906. The molecule has 1 atom stereocenters. The molecule has 0 aliphatic heterocycles. The van der Waals surface area contributed by atoms with E-state index in [0.29, 0.717) is 18.4 Å². The SMILES string of the molecule is CC(CN(C(=O)c1cc2c(s1)CCCC2)C1CC1)c1nn[nH]n1. The molecule has 1 saturated carbocycles. The fourth-order valence-electron chi connectivity index (χ4n) is 3.28. The zero-order chi connectivity index (χ0) is 15.8. The predicted octanol–water partition coefficient (Wildman–Crippen LogP) is 2.55. The molecule has 2 aromatic rings. The number of aryl methyl sites for hydroxylation is 2. The summed E-state index contributed by atoms with van der Waals surface area (Å²) in [5.41, 5.74) is 1.39. The van der Waals surface area contributed by atoms with Crippen molar-refractivity contribution in [1.29, 1.82) is 0 Å². The maximum Gasteiger partial charge on any atom is 0.264 e. The average molecular weight is 331 g/mol. The van der Waals surface area contributed by atoms with E-state index in [2.05, 4.69) is 26.7 Å². The number of thiophene rings is 1. The summed E-state index contributed by atoms with van der Waals surface area (Å²) in [5, 5.41) is 14.2. The van der Waals surface area contributed by atoms with Gasteiger partial charge in [-0.25, -0.2) is 0 Å². The Bertz CT molecular complexity index is 668. The number of carbonyl (C=O) groups is 1. The third kappa shape index (κ3) is 3.02. The monoisotopic (exact) mass is 331 g/mol. The molecule has 122 valence electrons. The topological polar surface area (TPSA) is 74.8 Å². The summed E-state index contributed by atoms with van der Waals surface area (Å²) in [7, 11) is 0. The highest BCUT2D eigenvalue weighted by atomic mass is 32.1. The maximum absolute atomic E-state index is 13.0. The van der Waals surface area contributed by atoms with E-state index >= 15 is 0 Å². The second-order valence-electron chi connectivity index (χ2n) is 6.63. The first-order chi connectivity index (χ1) is 11.2. The zero-order valence-corrected chi connectivity index (χ0v) is 14.1. The molecule has 7 heteroatoms. The fourth-order valence-corrected chi connectivity index (χ4v) is 4.49. The smallest absolute Gasteiger partial charge is 0.264 e. The highest BCUT2D eigenvalue weighted by Gasteiger charge is 2.35. The van der Waals surface area contributed by atoms with Gasteiger partial charge in [0.1, 0.15) is 0 Å². The van der Waals surface area contributed by atoms with Gasteiger partial charge >= 0.3 is 0 Å². The number of carbonyl (C=O) groups excluding carboxylic acids is 1. The number of hydrogen-bond acceptors (Lipinski definition) is 5. The fraction of sp³-hybridized carbons (Fsp3) is 0.625. The largest absolute Gasteiger partial charge is 0.334 e. The number of hydrogen-bond donors (Lipinski definition) is 1. The molecule has 23 heavy (non-hydrogen) atoms. The normalized spacial score (nSPS) is 18.5. The lowest BCUT2D eigenvalue weighted by Crippen LogP contribution is -2.36. The summed E-state index contributed by atoms with van der Waals surface area (Å²) in [6.07, 6.45) is 6.98. The molecular formula is C16H21N5OS. The number of aromatic amines is 1. The van der Waals surface area contributed by atoms with Gasteiger partial charge in [0.15, 0.2) is 5.82 Å². The van der Waals surface area contributed by atoms with Gasteiger partial charge in [0.2, 0.25) is 0 Å². The second kappa shape index (κ2) is 6.03. The van der Waals surface area contributed by atoms with Crippen molar-refractivity contribution >= 4 is 17.2 Å². The third-order valence-corrected chi connectivity index (χ3v) is 5.95. The Morgan fingerprint density at radius 2 is 2.26 bits per heavy atom. The van der Waals surface area contributed by atoms with Crippen LogP contribution < -0.4 is 0 Å². The van der Waals surface area contributed by atoms with Crippen molar-refractivity contribution in [2.24, 2.45) is 0 Å². The standard InChI is InChI=1S/C16H21N5OS/c1-10(15-17-19-20-18-15)9-21(12-6-7-12)16(22)14-8-11-4-2-3-5-13(11)23-14/h8,10,12H,2-7,9H2,1H3,(H,17,18,19,20). The summed E-state index contributed by atoms with van der Waals surface area (Å²) < 4.78 is 0. The lowest BCUT2D eigenvalue weighted by atomic mass is 9.99. The van der Waals surface area contributed by atoms with E-state index in [4.69, 9.17) is 0 Å². The molecule has 1 N–H and O–H groups in total. The molecule has 2 heterocycles. The van der Waals surface area contributed by atoms with Crippen LogP contribution in [0.2, 0.25) is 0 Å². The van der Waals surface area contributed by atoms with Crippen LogP contribution in [0, 0.1) is 0 Å². The summed E-state index contributed by atoms with van der Waals surface area (Å²) in [5.74, 6) is 0.948. The molecule has 1 amide bonds. The first-order valence-electron chi connectivity index (χ1n) is 8.38. The van der Waals surface area contributed by atoms with Gasteiger partial charge in [0.25, 0.3) is 5.91 Å². The number of nitrogens with one attached hydrogen (secondary N) is 1. The first-order valence-corrected chi connectivity index (χ1v) is 9.20. The number of fused-ring (bicyclic) bond motifs is 1. The van der Waals surface area contributed by atoms with Crippen LogP contribution in [0.4, 0.5) is 0 Å². The number of tetrazole rings is 1. The van der Waals surface area contributed by atoms with Crippen LogP contribution in [0.25, 0.3) is 0 Å². The van der Waals surface area contributed by atoms with Crippen molar-refractivity contribution in [1.82, 2.24) is 25.5 Å². The van der Waals surface area contributed by atoms with Gasteiger partial charge < -0.3 is 4.90 Å². The van der Waals surface area contributed by atoms with Crippen molar-refractivity contribution in [3.63, 3.8) is 0 Å². The van der Waals surface area contributed by atoms with Crippen LogP contribution in [0.1, 0.15) is 64.5 Å². The zero-order valence-electron chi connectivity index (χ0n) is 13.3. The minimum Gasteiger partial charge on any atom is -0.334 e. The van der Waals surface area contributed by atoms with E-state index in [0.717, 1.165) is 30.6 Å². The van der Waals surface area contributed by atoms with Gasteiger partial charge in [0.05, 0.1) is 4.88 Å². The third-order valence-electron chi connectivity index (χ3n) is 4.73. The highest BCUT2D eigenvalue weighted by Crippen LogP contribution is 2.34. The van der Waals surface area contributed by atoms with Gasteiger partial charge in [-0.05, 0) is 50.2 Å². The van der Waals surface area contributed by atoms with E-state index in [1.807, 2.05) is 11.8 Å². The molecule has 1 fully saturated rings. The quantitative estimate of drug-likeness (QED) is 0.913. The van der Waals surface area contributed by atoms with Crippen LogP contribution in [0.5, 0.6) is 0 Å². The molecular weight excluding hydrogens is 310 g/mol. The number of amides is 1. The Kier molecular flexibility index (Phi) is 3.88. The van der Waals surface area contributed by atoms with Gasteiger partial charge in [0, 0.05) is 23.4 Å². The van der Waals surface area contributed by atoms with Gasteiger partial charge in [-0.15, -0.1) is 21.5 Å². The Morgan fingerprint density at radius 1 is 1.43 bits per heavy atom. The first kappa shape index (κ1) is 14.8. The Balaban J connectivity index is 1.52. The van der Waals surface area contributed by atoms with Crippen molar-refractivity contribution in [3.05, 3.63) is 27.2 Å². The average Bonchev–Trinajstić information content (AvgIpc) is 3.10. The summed E-state index contributed by atoms with van der Waals surface area (Å²) in [6.45, 7) is 2.71. The highest BCUT2D eigenvalue weighted by molar-refractivity contribution is 7.14. The summed E-state index contributed by atoms with van der Waals surface area (Å²) >= 11 is 1.70. The maximum atomic E-state index is 13.0. The van der Waals surface area contributed by atoms with Crippen molar-refractivity contribution in [2.45, 2.75) is 57.4 Å². The molecule has 2 aliphatic rings. The lowest BCUT2D eigenvalue weighted by Gasteiger charge is -2.24. The van der Waals surface area contributed by atoms with E-state index in [1.165, 1.54) is 23.3 Å². The van der Waals surface area contributed by atoms with Gasteiger partial charge in [-0.1, -0.05) is 12.1 Å². The van der Waals surface area contributed by atoms with Gasteiger partial charge in [-0.2, -0.15) is 5.21 Å². The molecule has 0 saturated heterocycles. The number of H-pyrrole nitrogens is 1. The van der Waals surface area contributed by atoms with Crippen LogP contribution in [0.3, 0.4) is 0 Å². The predicted molar refractivity (Wildman–Crippen MR) is 87.6 cm³/mol. The molecule has 1 unspecified atom stereocenters. The van der Waals surface area contributed by atoms with Crippen LogP contribution >= 0.6 is 11.3 Å². The Labute approximate surface area is 139 Å². The van der Waals surface area contributed by atoms with Crippen molar-refractivity contribution in [3.8, 4) is 0 Å². The van der Waals surface area contributed by atoms with Crippen LogP contribution in [0.15, 0.2) is 6.07 Å². The Hall–Kier alpha value is -1.76. The Morgan fingerprint density at radius 3 is 2.96 bits per heavy atom. The van der Waals surface area contributed by atoms with E-state index in [-0.39, 0.29) is 11.8 Å². The lowest BCUT2D eigenvalue weighted by molar-refractivity contribution is 0.0738. The molecule has 0 spiro atoms. The summed E-state index contributed by atoms with van der Waals surface area (Å²) in [4.78, 5) is 17.4. The number of nitrogens with zero attached hydrogens (tertiary/aromatic N) is 4. The number of rotatable bonds is 5. The molecule has 2 aromatic heterocycles. The van der Waals surface area contributed by atoms with E-state index < -0.39 is 0 Å². The van der Waals surface area contributed by atoms with E-state index in [9.17, 15) is 4.79 Å². The molecule has 0 aromatic carbocycles. The van der Waals surface area contributed by atoms with E-state index in [1.54, 1.807) is 11.3 Å². The molecule has 2 aliphatic carbocycles. The van der Waals surface area contributed by atoms with Gasteiger partial charge in [-0.3, -0.25) is 4.79 Å². The van der Waals surface area contributed by atoms with Crippen molar-refractivity contribution in [2.75, 3.05) is 6.54 Å². The molecule has 0 bridgehead atoms. The summed E-state index contributed by atoms with van der Waals surface area (Å²) in [6, 6.07) is 2.52. The second-order valence-corrected chi connectivity index (χ2v) is 7.76. The molecule has 4 rings (SSSR count). The van der Waals surface area contributed by atoms with Crippen molar-refractivity contribution < 1.29 is 4.79 Å². The van der Waals surface area contributed by atoms with Crippen LogP contribution in [-0.4, -0.2) is 44.0 Å². The van der Waals surface area contributed by atoms with Crippen LogP contribution in [-0.2, 0) is 12.8 Å².